The molecule has 0 bridgehead atoms. The number of carbonyl (C=O) groups excluding carboxylic acids is 1. The van der Waals surface area contributed by atoms with Crippen LogP contribution in [0, 0.1) is 6.92 Å². The average molecular weight is 339 g/mol. The predicted octanol–water partition coefficient (Wildman–Crippen LogP) is 3.92. The Labute approximate surface area is 149 Å². The van der Waals surface area contributed by atoms with Gasteiger partial charge in [-0.25, -0.2) is 0 Å². The molecule has 132 valence electrons. The minimum atomic E-state index is -0.0376. The Kier molecular flexibility index (Phi) is 5.27. The number of amides is 1. The van der Waals surface area contributed by atoms with Crippen LogP contribution in [-0.4, -0.2) is 26.2 Å². The zero-order chi connectivity index (χ0) is 17.8. The van der Waals surface area contributed by atoms with Gasteiger partial charge in [0.2, 0.25) is 0 Å². The summed E-state index contributed by atoms with van der Waals surface area (Å²) in [6.07, 6.45) is 2.92. The zero-order valence-corrected chi connectivity index (χ0v) is 15.2. The maximum atomic E-state index is 12.8. The van der Waals surface area contributed by atoms with E-state index in [4.69, 9.17) is 9.47 Å². The van der Waals surface area contributed by atoms with E-state index < -0.39 is 0 Å². The Balaban J connectivity index is 1.76. The Bertz CT molecular complexity index is 752. The molecule has 0 fully saturated rings. The number of benzene rings is 2. The fourth-order valence-electron chi connectivity index (χ4n) is 3.31. The Morgan fingerprint density at radius 1 is 1.16 bits per heavy atom. The van der Waals surface area contributed by atoms with Gasteiger partial charge in [-0.05, 0) is 61.1 Å². The normalized spacial score (nSPS) is 13.3. The number of nitrogens with zero attached hydrogens (tertiary/aromatic N) is 1. The summed E-state index contributed by atoms with van der Waals surface area (Å²) in [5, 5.41) is 0. The first-order chi connectivity index (χ1) is 12.1. The lowest BCUT2D eigenvalue weighted by atomic mass is 9.96. The molecule has 0 radical (unpaired) electrons. The lowest BCUT2D eigenvalue weighted by molar-refractivity contribution is -0.120. The van der Waals surface area contributed by atoms with Crippen molar-refractivity contribution in [3.8, 4) is 11.5 Å². The third-order valence-corrected chi connectivity index (χ3v) is 4.77. The molecule has 1 aliphatic heterocycles. The number of hydrogen-bond acceptors (Lipinski definition) is 3. The topological polar surface area (TPSA) is 38.8 Å². The maximum Gasteiger partial charge on any atom is 0.265 e. The molecule has 2 aromatic carbocycles. The number of anilines is 1. The lowest BCUT2D eigenvalue weighted by Crippen LogP contribution is -2.39. The van der Waals surface area contributed by atoms with E-state index in [1.807, 2.05) is 35.2 Å². The second-order valence-corrected chi connectivity index (χ2v) is 6.35. The molecular weight excluding hydrogens is 314 g/mol. The van der Waals surface area contributed by atoms with Crippen molar-refractivity contribution in [1.29, 1.82) is 0 Å². The molecule has 3 rings (SSSR count). The molecule has 0 spiro atoms. The molecule has 4 heteroatoms. The highest BCUT2D eigenvalue weighted by atomic mass is 16.5. The first-order valence-corrected chi connectivity index (χ1v) is 8.82. The second-order valence-electron chi connectivity index (χ2n) is 6.35. The minimum absolute atomic E-state index is 0.0298. The molecule has 4 nitrogen and oxygen atoms in total. The number of ether oxygens (including phenoxy) is 2. The van der Waals surface area contributed by atoms with Gasteiger partial charge in [-0.1, -0.05) is 25.1 Å². The molecule has 0 saturated carbocycles. The van der Waals surface area contributed by atoms with Gasteiger partial charge in [0, 0.05) is 6.54 Å². The van der Waals surface area contributed by atoms with Crippen LogP contribution in [0.2, 0.25) is 0 Å². The van der Waals surface area contributed by atoms with Crippen molar-refractivity contribution < 1.29 is 14.3 Å². The number of fused-ring (bicyclic) bond motifs is 1. The summed E-state index contributed by atoms with van der Waals surface area (Å²) < 4.78 is 11.2. The maximum absolute atomic E-state index is 12.8. The Morgan fingerprint density at radius 2 is 1.92 bits per heavy atom. The quantitative estimate of drug-likeness (QED) is 0.829. The van der Waals surface area contributed by atoms with Crippen molar-refractivity contribution >= 4 is 11.6 Å². The molecule has 0 N–H and O–H groups in total. The summed E-state index contributed by atoms with van der Waals surface area (Å²) in [4.78, 5) is 14.6. The third kappa shape index (κ3) is 3.63. The van der Waals surface area contributed by atoms with Crippen LogP contribution in [0.4, 0.5) is 5.69 Å². The summed E-state index contributed by atoms with van der Waals surface area (Å²) in [6, 6.07) is 11.9. The van der Waals surface area contributed by atoms with E-state index in [2.05, 4.69) is 19.9 Å². The van der Waals surface area contributed by atoms with E-state index in [0.717, 1.165) is 36.4 Å². The van der Waals surface area contributed by atoms with Crippen LogP contribution in [0.1, 0.15) is 30.0 Å². The molecular formula is C21H25NO3. The highest BCUT2D eigenvalue weighted by molar-refractivity contribution is 5.97. The van der Waals surface area contributed by atoms with Gasteiger partial charge in [0.15, 0.2) is 6.61 Å². The molecule has 0 atom stereocenters. The first kappa shape index (κ1) is 17.3. The fourth-order valence-corrected chi connectivity index (χ4v) is 3.31. The van der Waals surface area contributed by atoms with Gasteiger partial charge in [0.1, 0.15) is 11.5 Å². The van der Waals surface area contributed by atoms with Crippen LogP contribution in [0.5, 0.6) is 11.5 Å². The third-order valence-electron chi connectivity index (χ3n) is 4.77. The molecule has 2 aromatic rings. The largest absolute Gasteiger partial charge is 0.495 e. The lowest BCUT2D eigenvalue weighted by Gasteiger charge is -2.32. The second kappa shape index (κ2) is 7.60. The highest BCUT2D eigenvalue weighted by Gasteiger charge is 2.27. The summed E-state index contributed by atoms with van der Waals surface area (Å²) in [5.74, 6) is 1.43. The van der Waals surface area contributed by atoms with Crippen LogP contribution in [0.15, 0.2) is 36.4 Å². The van der Waals surface area contributed by atoms with Gasteiger partial charge in [0.25, 0.3) is 5.91 Å². The smallest absolute Gasteiger partial charge is 0.265 e. The van der Waals surface area contributed by atoms with Crippen LogP contribution in [-0.2, 0) is 17.6 Å². The van der Waals surface area contributed by atoms with E-state index in [1.54, 1.807) is 7.11 Å². The highest BCUT2D eigenvalue weighted by Crippen LogP contribution is 2.38. The average Bonchev–Trinajstić information content (AvgIpc) is 2.66. The van der Waals surface area contributed by atoms with Crippen LogP contribution < -0.4 is 14.4 Å². The van der Waals surface area contributed by atoms with E-state index in [0.29, 0.717) is 6.54 Å². The number of hydrogen-bond donors (Lipinski definition) is 0. The van der Waals surface area contributed by atoms with Crippen molar-refractivity contribution in [2.45, 2.75) is 33.1 Å². The molecule has 1 amide bonds. The van der Waals surface area contributed by atoms with E-state index >= 15 is 0 Å². The van der Waals surface area contributed by atoms with Crippen molar-refractivity contribution in [2.24, 2.45) is 0 Å². The summed E-state index contributed by atoms with van der Waals surface area (Å²) >= 11 is 0. The summed E-state index contributed by atoms with van der Waals surface area (Å²) in [7, 11) is 1.65. The van der Waals surface area contributed by atoms with Crippen LogP contribution in [0.3, 0.4) is 0 Å². The van der Waals surface area contributed by atoms with Gasteiger partial charge in [-0.3, -0.25) is 4.79 Å². The monoisotopic (exact) mass is 339 g/mol. The predicted molar refractivity (Wildman–Crippen MR) is 99.7 cm³/mol. The standard InChI is InChI=1S/C21H25NO3/c1-4-16-8-10-17(11-9-16)25-14-20(23)22-13-5-6-18-15(2)7-12-19(24-3)21(18)22/h7-12H,4-6,13-14H2,1-3H3. The van der Waals surface area contributed by atoms with Gasteiger partial charge in [-0.2, -0.15) is 0 Å². The molecule has 1 aliphatic rings. The van der Waals surface area contributed by atoms with Gasteiger partial charge >= 0.3 is 0 Å². The zero-order valence-electron chi connectivity index (χ0n) is 15.2. The van der Waals surface area contributed by atoms with Gasteiger partial charge in [0.05, 0.1) is 12.8 Å². The molecule has 0 saturated heterocycles. The number of methoxy groups -OCH3 is 1. The fraction of sp³-hybridized carbons (Fsp3) is 0.381. The van der Waals surface area contributed by atoms with E-state index in [-0.39, 0.29) is 12.5 Å². The number of carbonyl (C=O) groups is 1. The minimum Gasteiger partial charge on any atom is -0.495 e. The van der Waals surface area contributed by atoms with Crippen molar-refractivity contribution in [1.82, 2.24) is 0 Å². The van der Waals surface area contributed by atoms with Gasteiger partial charge in [-0.15, -0.1) is 0 Å². The molecule has 0 aliphatic carbocycles. The SMILES string of the molecule is CCc1ccc(OCC(=O)N2CCCc3c(C)ccc(OC)c32)cc1. The van der Waals surface area contributed by atoms with E-state index in [1.165, 1.54) is 16.7 Å². The molecule has 0 aromatic heterocycles. The van der Waals surface area contributed by atoms with Crippen LogP contribution >= 0.6 is 0 Å². The summed E-state index contributed by atoms with van der Waals surface area (Å²) in [6.45, 7) is 4.92. The first-order valence-electron chi connectivity index (χ1n) is 8.82. The van der Waals surface area contributed by atoms with E-state index in [9.17, 15) is 4.79 Å². The Hall–Kier alpha value is -2.49. The van der Waals surface area contributed by atoms with Crippen molar-refractivity contribution in [3.63, 3.8) is 0 Å². The van der Waals surface area contributed by atoms with Gasteiger partial charge < -0.3 is 14.4 Å². The number of rotatable bonds is 5. The van der Waals surface area contributed by atoms with Crippen molar-refractivity contribution in [3.05, 3.63) is 53.1 Å². The molecule has 25 heavy (non-hydrogen) atoms. The molecule has 0 unspecified atom stereocenters. The summed E-state index contributed by atoms with van der Waals surface area (Å²) in [5.41, 5.74) is 4.56. The van der Waals surface area contributed by atoms with Crippen LogP contribution in [0.25, 0.3) is 0 Å². The number of aryl methyl sites for hydroxylation is 2. The molecule has 1 heterocycles. The van der Waals surface area contributed by atoms with Crippen molar-refractivity contribution in [2.75, 3.05) is 25.2 Å². The Morgan fingerprint density at radius 3 is 2.60 bits per heavy atom.